The number of nitrogens with one attached hydrogen (secondary N) is 1. The second-order valence-corrected chi connectivity index (χ2v) is 7.54. The summed E-state index contributed by atoms with van der Waals surface area (Å²) in [5.41, 5.74) is 1.33. The molecule has 2 aromatic rings. The van der Waals surface area contributed by atoms with Crippen LogP contribution in [-0.4, -0.2) is 70.3 Å². The van der Waals surface area contributed by atoms with Crippen molar-refractivity contribution in [2.75, 3.05) is 33.2 Å². The second kappa shape index (κ2) is 7.19. The SMILES string of the molecule is CN1CCN(Cc2ccccc2)C2(CCN(C(=O)c3ccc[nH]3)CC2)C1=O. The topological polar surface area (TPSA) is 59.6 Å². The molecule has 0 atom stereocenters. The molecule has 0 radical (unpaired) electrons. The molecule has 27 heavy (non-hydrogen) atoms. The van der Waals surface area contributed by atoms with Crippen LogP contribution >= 0.6 is 0 Å². The third-order valence-corrected chi connectivity index (χ3v) is 5.98. The number of nitrogens with zero attached hydrogens (tertiary/aromatic N) is 3. The van der Waals surface area contributed by atoms with Gasteiger partial charge < -0.3 is 14.8 Å². The van der Waals surface area contributed by atoms with E-state index in [-0.39, 0.29) is 11.8 Å². The number of likely N-dealkylation sites (tertiary alicyclic amines) is 1. The summed E-state index contributed by atoms with van der Waals surface area (Å²) in [4.78, 5) is 34.9. The molecule has 1 aromatic heterocycles. The minimum atomic E-state index is -0.505. The van der Waals surface area contributed by atoms with E-state index in [1.165, 1.54) is 5.56 Å². The van der Waals surface area contributed by atoms with E-state index in [2.05, 4.69) is 22.0 Å². The number of carbonyl (C=O) groups is 2. The summed E-state index contributed by atoms with van der Waals surface area (Å²) in [6, 6.07) is 13.9. The van der Waals surface area contributed by atoms with Gasteiger partial charge in [0.1, 0.15) is 11.2 Å². The van der Waals surface area contributed by atoms with Gasteiger partial charge in [0.2, 0.25) is 5.91 Å². The van der Waals surface area contributed by atoms with Gasteiger partial charge in [-0.25, -0.2) is 0 Å². The number of hydrogen-bond donors (Lipinski definition) is 1. The van der Waals surface area contributed by atoms with Gasteiger partial charge >= 0.3 is 0 Å². The number of aromatic amines is 1. The normalized spacial score (nSPS) is 20.3. The first-order valence-corrected chi connectivity index (χ1v) is 9.57. The van der Waals surface area contributed by atoms with Gasteiger partial charge in [0.25, 0.3) is 5.91 Å². The average molecular weight is 366 g/mol. The molecule has 0 saturated carbocycles. The molecule has 1 aromatic carbocycles. The number of amides is 2. The number of likely N-dealkylation sites (N-methyl/N-ethyl adjacent to an activating group) is 1. The van der Waals surface area contributed by atoms with Crippen molar-refractivity contribution in [2.45, 2.75) is 24.9 Å². The molecule has 2 amide bonds. The molecule has 0 bridgehead atoms. The van der Waals surface area contributed by atoms with Crippen LogP contribution in [0.25, 0.3) is 0 Å². The fourth-order valence-electron chi connectivity index (χ4n) is 4.35. The Labute approximate surface area is 159 Å². The van der Waals surface area contributed by atoms with Crippen LogP contribution < -0.4 is 0 Å². The van der Waals surface area contributed by atoms with Crippen molar-refractivity contribution in [3.05, 3.63) is 59.9 Å². The predicted molar refractivity (Wildman–Crippen MR) is 103 cm³/mol. The van der Waals surface area contributed by atoms with Crippen LogP contribution in [-0.2, 0) is 11.3 Å². The summed E-state index contributed by atoms with van der Waals surface area (Å²) in [6.07, 6.45) is 3.12. The van der Waals surface area contributed by atoms with E-state index in [9.17, 15) is 9.59 Å². The lowest BCUT2D eigenvalue weighted by atomic mass is 9.82. The summed E-state index contributed by atoms with van der Waals surface area (Å²) < 4.78 is 0. The minimum absolute atomic E-state index is 0.0149. The lowest BCUT2D eigenvalue weighted by Crippen LogP contribution is -2.68. The van der Waals surface area contributed by atoms with Gasteiger partial charge in [0.15, 0.2) is 0 Å². The number of carbonyl (C=O) groups excluding carboxylic acids is 2. The van der Waals surface area contributed by atoms with Gasteiger partial charge in [-0.2, -0.15) is 0 Å². The first kappa shape index (κ1) is 17.8. The number of H-pyrrole nitrogens is 1. The highest BCUT2D eigenvalue weighted by molar-refractivity contribution is 5.93. The van der Waals surface area contributed by atoms with Crippen LogP contribution in [0.3, 0.4) is 0 Å². The molecule has 142 valence electrons. The smallest absolute Gasteiger partial charge is 0.270 e. The molecule has 0 aliphatic carbocycles. The van der Waals surface area contributed by atoms with Crippen LogP contribution in [0.1, 0.15) is 28.9 Å². The lowest BCUT2D eigenvalue weighted by molar-refractivity contribution is -0.154. The van der Waals surface area contributed by atoms with Crippen LogP contribution in [0.4, 0.5) is 0 Å². The molecule has 0 unspecified atom stereocenters. The Morgan fingerprint density at radius 2 is 1.78 bits per heavy atom. The number of piperidine rings is 1. The Hall–Kier alpha value is -2.60. The maximum atomic E-state index is 13.2. The Morgan fingerprint density at radius 1 is 1.04 bits per heavy atom. The van der Waals surface area contributed by atoms with Gasteiger partial charge in [-0.1, -0.05) is 30.3 Å². The van der Waals surface area contributed by atoms with Crippen molar-refractivity contribution in [2.24, 2.45) is 0 Å². The van der Waals surface area contributed by atoms with Crippen LogP contribution in [0.5, 0.6) is 0 Å². The lowest BCUT2D eigenvalue weighted by Gasteiger charge is -2.52. The molecule has 3 heterocycles. The minimum Gasteiger partial charge on any atom is -0.357 e. The standard InChI is InChI=1S/C21H26N4O2/c1-23-14-15-25(16-17-6-3-2-4-7-17)21(20(23)27)9-12-24(13-10-21)19(26)18-8-5-11-22-18/h2-8,11,22H,9-10,12-16H2,1H3. The van der Waals surface area contributed by atoms with E-state index in [1.54, 1.807) is 12.3 Å². The summed E-state index contributed by atoms with van der Waals surface area (Å²) >= 11 is 0. The Balaban J connectivity index is 1.53. The second-order valence-electron chi connectivity index (χ2n) is 7.54. The first-order valence-electron chi connectivity index (χ1n) is 9.57. The number of hydrogen-bond acceptors (Lipinski definition) is 3. The number of benzene rings is 1. The van der Waals surface area contributed by atoms with Crippen molar-refractivity contribution in [1.29, 1.82) is 0 Å². The summed E-state index contributed by atoms with van der Waals surface area (Å²) in [7, 11) is 1.89. The van der Waals surface area contributed by atoms with Crippen molar-refractivity contribution in [1.82, 2.24) is 19.7 Å². The monoisotopic (exact) mass is 366 g/mol. The molecular formula is C21H26N4O2. The van der Waals surface area contributed by atoms with Crippen LogP contribution in [0, 0.1) is 0 Å². The van der Waals surface area contributed by atoms with E-state index < -0.39 is 5.54 Å². The van der Waals surface area contributed by atoms with Crippen molar-refractivity contribution in [3.8, 4) is 0 Å². The molecule has 2 saturated heterocycles. The van der Waals surface area contributed by atoms with Crippen molar-refractivity contribution >= 4 is 11.8 Å². The summed E-state index contributed by atoms with van der Waals surface area (Å²) in [6.45, 7) is 3.58. The van der Waals surface area contributed by atoms with E-state index in [0.29, 0.717) is 31.6 Å². The first-order chi connectivity index (χ1) is 13.1. The summed E-state index contributed by atoms with van der Waals surface area (Å²) in [5.74, 6) is 0.206. The van der Waals surface area contributed by atoms with Crippen molar-refractivity contribution < 1.29 is 9.59 Å². The zero-order valence-electron chi connectivity index (χ0n) is 15.7. The largest absolute Gasteiger partial charge is 0.357 e. The number of rotatable bonds is 3. The number of aromatic nitrogens is 1. The Morgan fingerprint density at radius 3 is 2.44 bits per heavy atom. The third kappa shape index (κ3) is 3.25. The molecule has 2 fully saturated rings. The molecule has 2 aliphatic heterocycles. The van der Waals surface area contributed by atoms with Crippen molar-refractivity contribution in [3.63, 3.8) is 0 Å². The maximum Gasteiger partial charge on any atom is 0.270 e. The van der Waals surface area contributed by atoms with Gasteiger partial charge in [-0.05, 0) is 30.5 Å². The molecule has 4 rings (SSSR count). The van der Waals surface area contributed by atoms with E-state index in [0.717, 1.165) is 19.6 Å². The predicted octanol–water partition coefficient (Wildman–Crippen LogP) is 1.96. The molecule has 6 nitrogen and oxygen atoms in total. The third-order valence-electron chi connectivity index (χ3n) is 5.98. The zero-order valence-corrected chi connectivity index (χ0v) is 15.7. The molecular weight excluding hydrogens is 340 g/mol. The zero-order chi connectivity index (χ0) is 18.9. The van der Waals surface area contributed by atoms with Gasteiger partial charge in [-0.3, -0.25) is 14.5 Å². The van der Waals surface area contributed by atoms with E-state index in [4.69, 9.17) is 0 Å². The molecule has 6 heteroatoms. The van der Waals surface area contributed by atoms with Gasteiger partial charge in [0.05, 0.1) is 0 Å². The highest BCUT2D eigenvalue weighted by Gasteiger charge is 2.50. The van der Waals surface area contributed by atoms with E-state index >= 15 is 0 Å². The molecule has 1 N–H and O–H groups in total. The quantitative estimate of drug-likeness (QED) is 0.903. The van der Waals surface area contributed by atoms with E-state index in [1.807, 2.05) is 41.1 Å². The fraction of sp³-hybridized carbons (Fsp3) is 0.429. The number of piperazine rings is 1. The van der Waals surface area contributed by atoms with Gasteiger partial charge in [0, 0.05) is 46.0 Å². The Kier molecular flexibility index (Phi) is 4.74. The highest BCUT2D eigenvalue weighted by atomic mass is 16.2. The molecule has 2 aliphatic rings. The maximum absolute atomic E-state index is 13.2. The van der Waals surface area contributed by atoms with Crippen LogP contribution in [0.2, 0.25) is 0 Å². The highest BCUT2D eigenvalue weighted by Crippen LogP contribution is 2.35. The summed E-state index contributed by atoms with van der Waals surface area (Å²) in [5, 5.41) is 0. The van der Waals surface area contributed by atoms with Crippen LogP contribution in [0.15, 0.2) is 48.7 Å². The molecule has 1 spiro atoms. The Bertz CT molecular complexity index is 795. The van der Waals surface area contributed by atoms with Gasteiger partial charge in [-0.15, -0.1) is 0 Å². The fourth-order valence-corrected chi connectivity index (χ4v) is 4.35. The average Bonchev–Trinajstić information content (AvgIpc) is 3.24.